The third-order valence-corrected chi connectivity index (χ3v) is 5.17. The van der Waals surface area contributed by atoms with Crippen LogP contribution >= 0.6 is 0 Å². The second-order valence-electron chi connectivity index (χ2n) is 8.02. The fourth-order valence-corrected chi connectivity index (χ4v) is 3.65. The van der Waals surface area contributed by atoms with E-state index >= 15 is 0 Å². The number of amides is 1. The molecule has 0 radical (unpaired) electrons. The molecule has 0 bridgehead atoms. The summed E-state index contributed by atoms with van der Waals surface area (Å²) in [5.74, 6) is 0.971. The number of carbonyl (C=O) groups is 1. The predicted molar refractivity (Wildman–Crippen MR) is 93.0 cm³/mol. The maximum Gasteiger partial charge on any atom is 0.410 e. The lowest BCUT2D eigenvalue weighted by Gasteiger charge is -2.47. The van der Waals surface area contributed by atoms with Crippen LogP contribution in [0.5, 0.6) is 0 Å². The van der Waals surface area contributed by atoms with Gasteiger partial charge in [0.25, 0.3) is 0 Å². The molecule has 6 nitrogen and oxygen atoms in total. The van der Waals surface area contributed by atoms with E-state index in [4.69, 9.17) is 4.74 Å². The lowest BCUT2D eigenvalue weighted by atomic mass is 9.71. The molecule has 2 aliphatic heterocycles. The van der Waals surface area contributed by atoms with Crippen molar-refractivity contribution in [2.24, 2.45) is 5.41 Å². The maximum absolute atomic E-state index is 12.2. The third-order valence-electron chi connectivity index (χ3n) is 5.17. The first-order chi connectivity index (χ1) is 11.4. The minimum atomic E-state index is -0.422. The summed E-state index contributed by atoms with van der Waals surface area (Å²) in [6, 6.07) is 0. The van der Waals surface area contributed by atoms with Gasteiger partial charge in [0.1, 0.15) is 11.4 Å². The van der Waals surface area contributed by atoms with Crippen LogP contribution in [0.25, 0.3) is 0 Å². The minimum absolute atomic E-state index is 0.172. The lowest BCUT2D eigenvalue weighted by Crippen LogP contribution is -2.49. The predicted octanol–water partition coefficient (Wildman–Crippen LogP) is 3.09. The van der Waals surface area contributed by atoms with Crippen molar-refractivity contribution >= 4 is 11.9 Å². The molecule has 0 unspecified atom stereocenters. The fourth-order valence-electron chi connectivity index (χ4n) is 3.65. The molecule has 2 aliphatic rings. The summed E-state index contributed by atoms with van der Waals surface area (Å²) >= 11 is 0. The van der Waals surface area contributed by atoms with E-state index in [0.717, 1.165) is 57.7 Å². The van der Waals surface area contributed by atoms with Gasteiger partial charge in [-0.05, 0) is 51.9 Å². The molecular formula is C18H28N4O2. The molecular weight excluding hydrogens is 304 g/mol. The van der Waals surface area contributed by atoms with Crippen LogP contribution in [0.4, 0.5) is 10.6 Å². The van der Waals surface area contributed by atoms with Crippen molar-refractivity contribution in [1.29, 1.82) is 0 Å². The van der Waals surface area contributed by atoms with Crippen molar-refractivity contribution in [2.75, 3.05) is 31.1 Å². The van der Waals surface area contributed by atoms with Crippen molar-refractivity contribution in [3.05, 3.63) is 18.6 Å². The normalized spacial score (nSPS) is 21.0. The van der Waals surface area contributed by atoms with Gasteiger partial charge in [0.2, 0.25) is 0 Å². The van der Waals surface area contributed by atoms with E-state index in [2.05, 4.69) is 14.9 Å². The molecule has 3 heterocycles. The van der Waals surface area contributed by atoms with Gasteiger partial charge < -0.3 is 14.5 Å². The fraction of sp³-hybridized carbons (Fsp3) is 0.722. The van der Waals surface area contributed by atoms with E-state index in [-0.39, 0.29) is 6.09 Å². The Balaban J connectivity index is 1.51. The van der Waals surface area contributed by atoms with Crippen LogP contribution in [-0.4, -0.2) is 52.7 Å². The Bertz CT molecular complexity index is 552. The van der Waals surface area contributed by atoms with E-state index in [1.165, 1.54) is 0 Å². The Morgan fingerprint density at radius 1 is 1.08 bits per heavy atom. The number of anilines is 1. The lowest BCUT2D eigenvalue weighted by molar-refractivity contribution is 0.00664. The number of hydrogen-bond acceptors (Lipinski definition) is 5. The summed E-state index contributed by atoms with van der Waals surface area (Å²) in [7, 11) is 0. The third kappa shape index (κ3) is 3.97. The second kappa shape index (κ2) is 6.57. The highest BCUT2D eigenvalue weighted by Crippen LogP contribution is 2.42. The van der Waals surface area contributed by atoms with Crippen molar-refractivity contribution in [1.82, 2.24) is 14.9 Å². The summed E-state index contributed by atoms with van der Waals surface area (Å²) in [4.78, 5) is 24.9. The first-order valence-corrected chi connectivity index (χ1v) is 8.86. The Hall–Kier alpha value is -1.85. The highest BCUT2D eigenvalue weighted by Gasteiger charge is 2.39. The van der Waals surface area contributed by atoms with Crippen LogP contribution in [0.15, 0.2) is 18.6 Å². The largest absolute Gasteiger partial charge is 0.444 e. The van der Waals surface area contributed by atoms with Crippen LogP contribution in [0.1, 0.15) is 46.5 Å². The quantitative estimate of drug-likeness (QED) is 0.791. The average Bonchev–Trinajstić information content (AvgIpc) is 2.55. The highest BCUT2D eigenvalue weighted by molar-refractivity contribution is 5.68. The molecule has 1 aromatic rings. The van der Waals surface area contributed by atoms with Crippen LogP contribution < -0.4 is 4.90 Å². The molecule has 0 aliphatic carbocycles. The van der Waals surface area contributed by atoms with Crippen LogP contribution in [0.2, 0.25) is 0 Å². The van der Waals surface area contributed by atoms with Crippen molar-refractivity contribution in [2.45, 2.75) is 52.1 Å². The summed E-state index contributed by atoms with van der Waals surface area (Å²) in [5.41, 5.74) is -0.0501. The van der Waals surface area contributed by atoms with Crippen molar-refractivity contribution in [3.8, 4) is 0 Å². The van der Waals surface area contributed by atoms with E-state index < -0.39 is 5.60 Å². The Labute approximate surface area is 144 Å². The Kier molecular flexibility index (Phi) is 4.65. The number of ether oxygens (including phenoxy) is 1. The van der Waals surface area contributed by atoms with E-state index in [1.54, 1.807) is 12.4 Å². The number of nitrogens with zero attached hydrogens (tertiary/aromatic N) is 4. The highest BCUT2D eigenvalue weighted by atomic mass is 16.6. The van der Waals surface area contributed by atoms with Gasteiger partial charge in [-0.3, -0.25) is 4.98 Å². The molecule has 2 saturated heterocycles. The first kappa shape index (κ1) is 17.0. The zero-order valence-corrected chi connectivity index (χ0v) is 15.0. The van der Waals surface area contributed by atoms with E-state index in [0.29, 0.717) is 5.41 Å². The average molecular weight is 332 g/mol. The standard InChI is InChI=1S/C18H28N4O2/c1-17(2,3)24-16(23)22-12-6-18(7-13-22)4-10-21(11-5-18)15-14-19-8-9-20-15/h8-9,14H,4-7,10-13H2,1-3H3. The Morgan fingerprint density at radius 3 is 2.25 bits per heavy atom. The molecule has 132 valence electrons. The second-order valence-corrected chi connectivity index (χ2v) is 8.02. The maximum atomic E-state index is 12.2. The van der Waals surface area contributed by atoms with Gasteiger partial charge >= 0.3 is 6.09 Å². The van der Waals surface area contributed by atoms with Gasteiger partial charge in [-0.1, -0.05) is 0 Å². The topological polar surface area (TPSA) is 58.6 Å². The molecule has 1 amide bonds. The molecule has 1 spiro atoms. The smallest absolute Gasteiger partial charge is 0.410 e. The number of carbonyl (C=O) groups excluding carboxylic acids is 1. The molecule has 24 heavy (non-hydrogen) atoms. The molecule has 6 heteroatoms. The van der Waals surface area contributed by atoms with Gasteiger partial charge in [-0.25, -0.2) is 9.78 Å². The van der Waals surface area contributed by atoms with Crippen LogP contribution in [-0.2, 0) is 4.74 Å². The van der Waals surface area contributed by atoms with Gasteiger partial charge in [0.15, 0.2) is 0 Å². The van der Waals surface area contributed by atoms with Crippen molar-refractivity contribution < 1.29 is 9.53 Å². The van der Waals surface area contributed by atoms with Gasteiger partial charge in [-0.15, -0.1) is 0 Å². The molecule has 0 N–H and O–H groups in total. The van der Waals surface area contributed by atoms with Gasteiger partial charge in [0.05, 0.1) is 6.20 Å². The van der Waals surface area contributed by atoms with Gasteiger partial charge in [-0.2, -0.15) is 0 Å². The summed E-state index contributed by atoms with van der Waals surface area (Å²) in [6.45, 7) is 9.39. The summed E-state index contributed by atoms with van der Waals surface area (Å²) in [6.07, 6.45) is 9.58. The van der Waals surface area contributed by atoms with E-state index in [1.807, 2.05) is 31.9 Å². The SMILES string of the molecule is CC(C)(C)OC(=O)N1CCC2(CC1)CCN(c1cnccn1)CC2. The van der Waals surface area contributed by atoms with E-state index in [9.17, 15) is 4.79 Å². The summed E-state index contributed by atoms with van der Waals surface area (Å²) in [5, 5.41) is 0. The summed E-state index contributed by atoms with van der Waals surface area (Å²) < 4.78 is 5.49. The molecule has 0 atom stereocenters. The molecule has 2 fully saturated rings. The number of aromatic nitrogens is 2. The van der Waals surface area contributed by atoms with Crippen molar-refractivity contribution in [3.63, 3.8) is 0 Å². The van der Waals surface area contributed by atoms with Gasteiger partial charge in [0, 0.05) is 38.6 Å². The molecule has 3 rings (SSSR count). The van der Waals surface area contributed by atoms with Crippen LogP contribution in [0, 0.1) is 5.41 Å². The van der Waals surface area contributed by atoms with Crippen LogP contribution in [0.3, 0.4) is 0 Å². The molecule has 1 aromatic heterocycles. The number of likely N-dealkylation sites (tertiary alicyclic amines) is 1. The first-order valence-electron chi connectivity index (χ1n) is 8.86. The minimum Gasteiger partial charge on any atom is -0.444 e. The Morgan fingerprint density at radius 2 is 1.71 bits per heavy atom. The number of hydrogen-bond donors (Lipinski definition) is 0. The molecule has 0 aromatic carbocycles. The number of piperidine rings is 2. The number of rotatable bonds is 1. The molecule has 0 saturated carbocycles. The monoisotopic (exact) mass is 332 g/mol. The zero-order chi connectivity index (χ0) is 17.2. The zero-order valence-electron chi connectivity index (χ0n) is 15.0.